The van der Waals surface area contributed by atoms with Gasteiger partial charge in [-0.3, -0.25) is 9.59 Å². The van der Waals surface area contributed by atoms with Gasteiger partial charge in [0.05, 0.1) is 14.2 Å². The standard InChI is InChI=1S/C22H23FN2O4/c1-28-18-5-3-4-17(15-18)22(27)25-12-10-24(11-13-25)21(26)9-7-16-6-8-20(29-2)19(23)14-16/h3-9,14-15H,10-13H2,1-2H3/b9-7+. The van der Waals surface area contributed by atoms with Gasteiger partial charge in [-0.2, -0.15) is 0 Å². The van der Waals surface area contributed by atoms with Crippen LogP contribution in [0.4, 0.5) is 4.39 Å². The number of benzene rings is 2. The zero-order valence-corrected chi connectivity index (χ0v) is 16.4. The zero-order chi connectivity index (χ0) is 20.8. The SMILES string of the molecule is COc1cccc(C(=O)N2CCN(C(=O)/C=C/c3ccc(OC)c(F)c3)CC2)c1. The molecule has 0 atom stereocenters. The maximum absolute atomic E-state index is 13.7. The molecule has 1 heterocycles. The molecule has 0 radical (unpaired) electrons. The average Bonchev–Trinajstić information content (AvgIpc) is 2.77. The lowest BCUT2D eigenvalue weighted by Crippen LogP contribution is -2.50. The molecule has 0 N–H and O–H groups in total. The molecular formula is C22H23FN2O4. The number of piperazine rings is 1. The van der Waals surface area contributed by atoms with E-state index in [0.717, 1.165) is 0 Å². The van der Waals surface area contributed by atoms with E-state index in [9.17, 15) is 14.0 Å². The van der Waals surface area contributed by atoms with E-state index in [2.05, 4.69) is 0 Å². The minimum absolute atomic E-state index is 0.0831. The molecule has 1 fully saturated rings. The first-order valence-electron chi connectivity index (χ1n) is 9.25. The molecule has 0 aromatic heterocycles. The summed E-state index contributed by atoms with van der Waals surface area (Å²) in [5.74, 6) is 0.0526. The Balaban J connectivity index is 1.56. The fraction of sp³-hybridized carbons (Fsp3) is 0.273. The van der Waals surface area contributed by atoms with Gasteiger partial charge in [0.15, 0.2) is 11.6 Å². The van der Waals surface area contributed by atoms with E-state index in [1.807, 2.05) is 0 Å². The Morgan fingerprint density at radius 1 is 0.966 bits per heavy atom. The van der Waals surface area contributed by atoms with E-state index in [1.165, 1.54) is 25.3 Å². The number of methoxy groups -OCH3 is 2. The third-order valence-corrected chi connectivity index (χ3v) is 4.79. The summed E-state index contributed by atoms with van der Waals surface area (Å²) < 4.78 is 23.8. The van der Waals surface area contributed by atoms with Gasteiger partial charge < -0.3 is 19.3 Å². The molecule has 0 aliphatic carbocycles. The lowest BCUT2D eigenvalue weighted by atomic mass is 10.1. The fourth-order valence-electron chi connectivity index (χ4n) is 3.13. The molecule has 0 bridgehead atoms. The quantitative estimate of drug-likeness (QED) is 0.727. The highest BCUT2D eigenvalue weighted by molar-refractivity contribution is 5.95. The third kappa shape index (κ3) is 4.93. The summed E-state index contributed by atoms with van der Waals surface area (Å²) in [7, 11) is 2.96. The molecule has 2 aromatic rings. The Morgan fingerprint density at radius 3 is 2.34 bits per heavy atom. The van der Waals surface area contributed by atoms with Crippen molar-refractivity contribution in [1.82, 2.24) is 9.80 Å². The van der Waals surface area contributed by atoms with E-state index in [0.29, 0.717) is 43.1 Å². The van der Waals surface area contributed by atoms with Crippen molar-refractivity contribution in [3.05, 3.63) is 65.5 Å². The van der Waals surface area contributed by atoms with Gasteiger partial charge >= 0.3 is 0 Å². The molecule has 7 heteroatoms. The molecular weight excluding hydrogens is 375 g/mol. The van der Waals surface area contributed by atoms with Crippen molar-refractivity contribution < 1.29 is 23.5 Å². The highest BCUT2D eigenvalue weighted by Gasteiger charge is 2.24. The molecule has 3 rings (SSSR count). The van der Waals surface area contributed by atoms with Crippen LogP contribution in [0.25, 0.3) is 6.08 Å². The van der Waals surface area contributed by atoms with Gasteiger partial charge in [0.2, 0.25) is 5.91 Å². The smallest absolute Gasteiger partial charge is 0.254 e. The van der Waals surface area contributed by atoms with Crippen LogP contribution in [0, 0.1) is 5.82 Å². The van der Waals surface area contributed by atoms with E-state index in [1.54, 1.807) is 53.3 Å². The highest BCUT2D eigenvalue weighted by atomic mass is 19.1. The Kier molecular flexibility index (Phi) is 6.49. The van der Waals surface area contributed by atoms with E-state index in [-0.39, 0.29) is 17.6 Å². The fourth-order valence-corrected chi connectivity index (χ4v) is 3.13. The Hall–Kier alpha value is -3.35. The van der Waals surface area contributed by atoms with Crippen LogP contribution in [0.1, 0.15) is 15.9 Å². The number of hydrogen-bond donors (Lipinski definition) is 0. The molecule has 1 aliphatic heterocycles. The molecule has 2 amide bonds. The van der Waals surface area contributed by atoms with E-state index < -0.39 is 5.82 Å². The highest BCUT2D eigenvalue weighted by Crippen LogP contribution is 2.19. The van der Waals surface area contributed by atoms with Crippen LogP contribution < -0.4 is 9.47 Å². The second-order valence-corrected chi connectivity index (χ2v) is 6.58. The predicted octanol–water partition coefficient (Wildman–Crippen LogP) is 2.84. The molecule has 1 aliphatic rings. The number of carbonyl (C=O) groups excluding carboxylic acids is 2. The van der Waals surface area contributed by atoms with Crippen molar-refractivity contribution in [2.75, 3.05) is 40.4 Å². The zero-order valence-electron chi connectivity index (χ0n) is 16.4. The molecule has 0 unspecified atom stereocenters. The Bertz CT molecular complexity index is 921. The normalized spacial score (nSPS) is 14.2. The van der Waals surface area contributed by atoms with Gasteiger partial charge in [0, 0.05) is 37.8 Å². The number of ether oxygens (including phenoxy) is 2. The molecule has 152 valence electrons. The molecule has 2 aromatic carbocycles. The van der Waals surface area contributed by atoms with Gasteiger partial charge in [-0.15, -0.1) is 0 Å². The summed E-state index contributed by atoms with van der Waals surface area (Å²) in [6.07, 6.45) is 2.99. The summed E-state index contributed by atoms with van der Waals surface area (Å²) in [5, 5.41) is 0. The average molecular weight is 398 g/mol. The van der Waals surface area contributed by atoms with E-state index in [4.69, 9.17) is 9.47 Å². The summed E-state index contributed by atoms with van der Waals surface area (Å²) >= 11 is 0. The third-order valence-electron chi connectivity index (χ3n) is 4.79. The van der Waals surface area contributed by atoms with Crippen molar-refractivity contribution in [3.8, 4) is 11.5 Å². The van der Waals surface area contributed by atoms with Gasteiger partial charge in [-0.1, -0.05) is 12.1 Å². The van der Waals surface area contributed by atoms with Crippen molar-refractivity contribution in [3.63, 3.8) is 0 Å². The molecule has 29 heavy (non-hydrogen) atoms. The first-order chi connectivity index (χ1) is 14.0. The second kappa shape index (κ2) is 9.23. The largest absolute Gasteiger partial charge is 0.497 e. The number of hydrogen-bond acceptors (Lipinski definition) is 4. The monoisotopic (exact) mass is 398 g/mol. The van der Waals surface area contributed by atoms with E-state index >= 15 is 0 Å². The number of halogens is 1. The number of amides is 2. The first kappa shape index (κ1) is 20.4. The maximum Gasteiger partial charge on any atom is 0.254 e. The van der Waals surface area contributed by atoms with Crippen LogP contribution in [0.15, 0.2) is 48.5 Å². The van der Waals surface area contributed by atoms with Crippen molar-refractivity contribution in [1.29, 1.82) is 0 Å². The summed E-state index contributed by atoms with van der Waals surface area (Å²) in [6, 6.07) is 11.5. The van der Waals surface area contributed by atoms with Crippen LogP contribution in [0.5, 0.6) is 11.5 Å². The van der Waals surface area contributed by atoms with Gasteiger partial charge in [-0.05, 0) is 42.0 Å². The van der Waals surface area contributed by atoms with Gasteiger partial charge in [-0.25, -0.2) is 4.39 Å². The minimum Gasteiger partial charge on any atom is -0.497 e. The number of nitrogens with zero attached hydrogens (tertiary/aromatic N) is 2. The molecule has 0 saturated carbocycles. The topological polar surface area (TPSA) is 59.1 Å². The summed E-state index contributed by atoms with van der Waals surface area (Å²) in [6.45, 7) is 1.78. The summed E-state index contributed by atoms with van der Waals surface area (Å²) in [5.41, 5.74) is 1.13. The molecule has 1 saturated heterocycles. The molecule has 0 spiro atoms. The number of carbonyl (C=O) groups is 2. The summed E-state index contributed by atoms with van der Waals surface area (Å²) in [4.78, 5) is 28.5. The lowest BCUT2D eigenvalue weighted by molar-refractivity contribution is -0.127. The van der Waals surface area contributed by atoms with Gasteiger partial charge in [0.1, 0.15) is 5.75 Å². The predicted molar refractivity (Wildman–Crippen MR) is 107 cm³/mol. The second-order valence-electron chi connectivity index (χ2n) is 6.58. The first-order valence-corrected chi connectivity index (χ1v) is 9.25. The lowest BCUT2D eigenvalue weighted by Gasteiger charge is -2.34. The van der Waals surface area contributed by atoms with Crippen LogP contribution >= 0.6 is 0 Å². The van der Waals surface area contributed by atoms with Crippen LogP contribution in [-0.4, -0.2) is 62.0 Å². The number of rotatable bonds is 5. The van der Waals surface area contributed by atoms with Crippen LogP contribution in [0.3, 0.4) is 0 Å². The minimum atomic E-state index is -0.480. The van der Waals surface area contributed by atoms with Crippen LogP contribution in [0.2, 0.25) is 0 Å². The molecule has 6 nitrogen and oxygen atoms in total. The Morgan fingerprint density at radius 2 is 1.69 bits per heavy atom. The van der Waals surface area contributed by atoms with Crippen molar-refractivity contribution in [2.45, 2.75) is 0 Å². The Labute approximate surface area is 169 Å². The maximum atomic E-state index is 13.7. The van der Waals surface area contributed by atoms with Gasteiger partial charge in [0.25, 0.3) is 5.91 Å². The van der Waals surface area contributed by atoms with Crippen molar-refractivity contribution in [2.24, 2.45) is 0 Å². The van der Waals surface area contributed by atoms with Crippen molar-refractivity contribution >= 4 is 17.9 Å². The van der Waals surface area contributed by atoms with Crippen LogP contribution in [-0.2, 0) is 4.79 Å².